The number of rotatable bonds is 4. The minimum absolute atomic E-state index is 0. The van der Waals surface area contributed by atoms with Crippen molar-refractivity contribution in [2.75, 3.05) is 0 Å². The van der Waals surface area contributed by atoms with E-state index >= 15 is 0 Å². The normalized spacial score (nSPS) is 22.6. The third kappa shape index (κ3) is 3.54. The summed E-state index contributed by atoms with van der Waals surface area (Å²) < 4.78 is 0. The van der Waals surface area contributed by atoms with E-state index in [1.807, 2.05) is 12.1 Å². The van der Waals surface area contributed by atoms with E-state index in [4.69, 9.17) is 23.2 Å². The number of alkyl halides is 2. The maximum absolute atomic E-state index is 7.62. The smallest absolute Gasteiger partial charge is 0.104 e. The van der Waals surface area contributed by atoms with Gasteiger partial charge < -0.3 is 0 Å². The van der Waals surface area contributed by atoms with E-state index in [1.165, 1.54) is 21.5 Å². The quantitative estimate of drug-likeness (QED) is 0.193. The van der Waals surface area contributed by atoms with Gasteiger partial charge in [-0.15, -0.1) is 23.2 Å². The molecular formula is C30H22Cl2SiTi. The van der Waals surface area contributed by atoms with E-state index in [1.54, 1.807) is 0 Å². The minimum atomic E-state index is -1.00. The van der Waals surface area contributed by atoms with Crippen LogP contribution in [-0.2, 0) is 31.5 Å². The Balaban J connectivity index is 0.00000241. The molecule has 2 aliphatic carbocycles. The molecule has 0 saturated carbocycles. The molecule has 0 aliphatic heterocycles. The van der Waals surface area contributed by atoms with Crippen molar-refractivity contribution < 1.29 is 21.7 Å². The number of hydrogen-bond donors (Lipinski definition) is 0. The van der Waals surface area contributed by atoms with Gasteiger partial charge in [-0.2, -0.15) is 0 Å². The van der Waals surface area contributed by atoms with Gasteiger partial charge in [0.05, 0.1) is 9.52 Å². The van der Waals surface area contributed by atoms with Gasteiger partial charge in [-0.25, -0.2) is 0 Å². The molecule has 0 nitrogen and oxygen atoms in total. The summed E-state index contributed by atoms with van der Waals surface area (Å²) in [5.74, 6) is 0. The summed E-state index contributed by atoms with van der Waals surface area (Å²) in [6, 6.07) is 37.9. The number of benzene rings is 4. The number of allylic oxidation sites excluding steroid dienone is 2. The van der Waals surface area contributed by atoms with Crippen LogP contribution < -0.4 is 0 Å². The zero-order chi connectivity index (χ0) is 22.5. The average molecular weight is 529 g/mol. The summed E-state index contributed by atoms with van der Waals surface area (Å²) in [5.41, 5.74) is 6.97. The summed E-state index contributed by atoms with van der Waals surface area (Å²) in [6.45, 7) is 0. The maximum atomic E-state index is 7.62. The molecular weight excluding hydrogens is 507 g/mol. The maximum Gasteiger partial charge on any atom is 0.113 e. The molecule has 0 fully saturated rings. The Morgan fingerprint density at radius 1 is 0.471 bits per heavy atom. The van der Waals surface area contributed by atoms with Crippen molar-refractivity contribution in [2.45, 2.75) is 9.75 Å². The molecule has 0 amide bonds. The van der Waals surface area contributed by atoms with Crippen molar-refractivity contribution in [3.05, 3.63) is 153 Å². The topological polar surface area (TPSA) is 0 Å². The van der Waals surface area contributed by atoms with Crippen molar-refractivity contribution in [3.8, 4) is 0 Å². The van der Waals surface area contributed by atoms with Gasteiger partial charge in [-0.05, 0) is 33.4 Å². The fraction of sp³-hybridized carbons (Fsp3) is 0.0667. The first-order valence-corrected chi connectivity index (χ1v) is 13.4. The van der Waals surface area contributed by atoms with Crippen LogP contribution in [0, 0.1) is 0 Å². The molecule has 0 saturated heterocycles. The van der Waals surface area contributed by atoms with Crippen molar-refractivity contribution in [1.82, 2.24) is 0 Å². The Morgan fingerprint density at radius 3 is 1.24 bits per heavy atom. The molecule has 164 valence electrons. The van der Waals surface area contributed by atoms with E-state index < -0.39 is 19.3 Å². The van der Waals surface area contributed by atoms with Gasteiger partial charge in [0, 0.05) is 21.7 Å². The van der Waals surface area contributed by atoms with Crippen LogP contribution >= 0.6 is 23.2 Å². The molecule has 6 rings (SSSR count). The van der Waals surface area contributed by atoms with Crippen LogP contribution in [0.25, 0.3) is 12.2 Å². The predicted molar refractivity (Wildman–Crippen MR) is 144 cm³/mol. The summed E-state index contributed by atoms with van der Waals surface area (Å²) in [5, 5.41) is 2.58. The Morgan fingerprint density at radius 2 is 0.824 bits per heavy atom. The molecule has 0 bridgehead atoms. The monoisotopic (exact) mass is 528 g/mol. The Hall–Kier alpha value is -2.13. The Kier molecular flexibility index (Phi) is 6.35. The van der Waals surface area contributed by atoms with Crippen molar-refractivity contribution in [2.24, 2.45) is 0 Å². The van der Waals surface area contributed by atoms with E-state index in [0.717, 1.165) is 22.3 Å². The molecule has 4 aromatic rings. The third-order valence-electron chi connectivity index (χ3n) is 6.93. The summed E-state index contributed by atoms with van der Waals surface area (Å²) >= 11 is 15.2. The molecule has 4 aromatic carbocycles. The van der Waals surface area contributed by atoms with Gasteiger partial charge in [0.1, 0.15) is 9.75 Å². The van der Waals surface area contributed by atoms with Crippen LogP contribution in [0.1, 0.15) is 33.4 Å². The Labute approximate surface area is 228 Å². The summed E-state index contributed by atoms with van der Waals surface area (Å²) in [7, 11) is -1.00. The van der Waals surface area contributed by atoms with E-state index in [2.05, 4.69) is 109 Å². The van der Waals surface area contributed by atoms with Gasteiger partial charge in [0.2, 0.25) is 0 Å². The standard InChI is InChI=1S/C30H22Cl2Si.Ti/c31-29(23-13-3-1-4-14-23)25-17-9-7-11-21(25)19-27(29)33-28-20-22-12-8-10-18-26(22)30(28,32)24-15-5-2-6-16-24;/h1-20H,33H2;. The largest absolute Gasteiger partial charge is 0.113 e. The second-order valence-electron chi connectivity index (χ2n) is 8.74. The van der Waals surface area contributed by atoms with Crippen LogP contribution in [0.3, 0.4) is 0 Å². The van der Waals surface area contributed by atoms with E-state index in [9.17, 15) is 0 Å². The van der Waals surface area contributed by atoms with Crippen molar-refractivity contribution in [1.29, 1.82) is 0 Å². The van der Waals surface area contributed by atoms with Crippen molar-refractivity contribution in [3.63, 3.8) is 0 Å². The fourth-order valence-electron chi connectivity index (χ4n) is 5.36. The molecule has 2 unspecified atom stereocenters. The first-order chi connectivity index (χ1) is 16.1. The molecule has 0 heterocycles. The van der Waals surface area contributed by atoms with E-state index in [0.29, 0.717) is 0 Å². The zero-order valence-electron chi connectivity index (χ0n) is 18.5. The van der Waals surface area contributed by atoms with Crippen LogP contribution in [0.15, 0.2) is 120 Å². The summed E-state index contributed by atoms with van der Waals surface area (Å²) in [4.78, 5) is -1.32. The van der Waals surface area contributed by atoms with Crippen LogP contribution in [0.5, 0.6) is 0 Å². The van der Waals surface area contributed by atoms with Crippen LogP contribution in [0.2, 0.25) is 0 Å². The average Bonchev–Trinajstić information content (AvgIpc) is 3.33. The zero-order valence-corrected chi connectivity index (χ0v) is 23.0. The number of fused-ring (bicyclic) bond motifs is 2. The molecule has 34 heavy (non-hydrogen) atoms. The Bertz CT molecular complexity index is 1310. The number of halogens is 2. The first kappa shape index (κ1) is 23.6. The molecule has 0 spiro atoms. The van der Waals surface area contributed by atoms with Gasteiger partial charge in [-0.3, -0.25) is 0 Å². The molecule has 4 heteroatoms. The predicted octanol–water partition coefficient (Wildman–Crippen LogP) is 7.23. The molecule has 2 atom stereocenters. The van der Waals surface area contributed by atoms with Gasteiger partial charge in [0.25, 0.3) is 0 Å². The number of hydrogen-bond acceptors (Lipinski definition) is 0. The summed E-state index contributed by atoms with van der Waals surface area (Å²) in [6.07, 6.45) is 4.63. The fourth-order valence-corrected chi connectivity index (χ4v) is 8.80. The molecule has 0 radical (unpaired) electrons. The second-order valence-corrected chi connectivity index (χ2v) is 11.8. The van der Waals surface area contributed by atoms with Gasteiger partial charge >= 0.3 is 0 Å². The minimum Gasteiger partial charge on any atom is -0.104 e. The van der Waals surface area contributed by atoms with Crippen molar-refractivity contribution >= 4 is 44.9 Å². The SMILES string of the molecule is ClC1(c2ccccc2)C([SiH2]C2=Cc3ccccc3C2(Cl)c2ccccc2)=Cc2ccccc21.[Ti]. The second kappa shape index (κ2) is 9.15. The van der Waals surface area contributed by atoms with Gasteiger partial charge in [0.15, 0.2) is 0 Å². The van der Waals surface area contributed by atoms with Crippen LogP contribution in [0.4, 0.5) is 0 Å². The first-order valence-electron chi connectivity index (χ1n) is 11.2. The molecule has 0 aromatic heterocycles. The molecule has 2 aliphatic rings. The van der Waals surface area contributed by atoms with E-state index in [-0.39, 0.29) is 21.7 Å². The van der Waals surface area contributed by atoms with Crippen LogP contribution in [-0.4, -0.2) is 9.52 Å². The third-order valence-corrected chi connectivity index (χ3v) is 10.9. The van der Waals surface area contributed by atoms with Gasteiger partial charge in [-0.1, -0.05) is 132 Å². The molecule has 0 N–H and O–H groups in total.